The number of nitrogens with zero attached hydrogens (tertiary/aromatic N) is 1. The maximum Gasteiger partial charge on any atom is 0.261 e. The van der Waals surface area contributed by atoms with Crippen molar-refractivity contribution in [2.45, 2.75) is 6.42 Å². The van der Waals surface area contributed by atoms with Gasteiger partial charge in [0, 0.05) is 19.6 Å². The summed E-state index contributed by atoms with van der Waals surface area (Å²) in [5.74, 6) is -0.185. The topological polar surface area (TPSA) is 61.4 Å². The van der Waals surface area contributed by atoms with E-state index < -0.39 is 0 Å². The van der Waals surface area contributed by atoms with Crippen LogP contribution >= 0.6 is 23.7 Å². The van der Waals surface area contributed by atoms with Crippen molar-refractivity contribution >= 4 is 35.6 Å². The predicted molar refractivity (Wildman–Crippen MR) is 78.0 cm³/mol. The third-order valence-electron chi connectivity index (χ3n) is 2.84. The fourth-order valence-corrected chi connectivity index (χ4v) is 2.50. The minimum atomic E-state index is -0.175. The average Bonchev–Trinajstić information content (AvgIpc) is 2.78. The molecular weight excluding hydrogens is 286 g/mol. The molecule has 2 heterocycles. The number of halogens is 1. The molecule has 0 radical (unpaired) electrons. The van der Waals surface area contributed by atoms with E-state index in [0.29, 0.717) is 11.4 Å². The van der Waals surface area contributed by atoms with E-state index in [1.54, 1.807) is 11.0 Å². The standard InChI is InChI=1S/C12H17N3O2S.ClH/c16-11(15-6-2-4-13-5-7-15)9-14-12(17)10-3-1-8-18-10;/h1,3,8,13H,2,4-7,9H2,(H,14,17);1H. The molecule has 5 nitrogen and oxygen atoms in total. The number of carbonyl (C=O) groups is 2. The van der Waals surface area contributed by atoms with Crippen LogP contribution in [0.1, 0.15) is 16.1 Å². The van der Waals surface area contributed by atoms with E-state index in [1.165, 1.54) is 11.3 Å². The van der Waals surface area contributed by atoms with Crippen LogP contribution in [0.5, 0.6) is 0 Å². The van der Waals surface area contributed by atoms with Crippen molar-refractivity contribution in [2.75, 3.05) is 32.7 Å². The third kappa shape index (κ3) is 4.81. The molecule has 0 saturated carbocycles. The minimum absolute atomic E-state index is 0. The molecule has 2 rings (SSSR count). The Balaban J connectivity index is 0.00000180. The van der Waals surface area contributed by atoms with E-state index in [4.69, 9.17) is 0 Å². The summed E-state index contributed by atoms with van der Waals surface area (Å²) < 4.78 is 0. The van der Waals surface area contributed by atoms with Gasteiger partial charge in [-0.1, -0.05) is 6.07 Å². The molecule has 2 N–H and O–H groups in total. The number of rotatable bonds is 3. The molecule has 2 amide bonds. The van der Waals surface area contributed by atoms with Crippen molar-refractivity contribution in [3.63, 3.8) is 0 Å². The van der Waals surface area contributed by atoms with Crippen molar-refractivity contribution in [1.82, 2.24) is 15.5 Å². The summed E-state index contributed by atoms with van der Waals surface area (Å²) >= 11 is 1.37. The van der Waals surface area contributed by atoms with Crippen LogP contribution in [-0.4, -0.2) is 49.4 Å². The largest absolute Gasteiger partial charge is 0.342 e. The lowest BCUT2D eigenvalue weighted by Crippen LogP contribution is -2.41. The first kappa shape index (κ1) is 15.9. The molecular formula is C12H18ClN3O2S. The quantitative estimate of drug-likeness (QED) is 0.865. The van der Waals surface area contributed by atoms with Crippen LogP contribution in [0.4, 0.5) is 0 Å². The van der Waals surface area contributed by atoms with Crippen LogP contribution in [0.25, 0.3) is 0 Å². The second kappa shape index (κ2) is 8.14. The zero-order valence-corrected chi connectivity index (χ0v) is 12.2. The molecule has 1 fully saturated rings. The molecule has 0 unspecified atom stereocenters. The van der Waals surface area contributed by atoms with Crippen LogP contribution in [-0.2, 0) is 4.79 Å². The van der Waals surface area contributed by atoms with Crippen molar-refractivity contribution < 1.29 is 9.59 Å². The molecule has 1 aliphatic heterocycles. The van der Waals surface area contributed by atoms with Crippen LogP contribution in [0.15, 0.2) is 17.5 Å². The molecule has 7 heteroatoms. The maximum atomic E-state index is 11.9. The SMILES string of the molecule is Cl.O=C(NCC(=O)N1CCCNCC1)c1cccs1. The number of amides is 2. The lowest BCUT2D eigenvalue weighted by Gasteiger charge is -2.19. The molecule has 0 aliphatic carbocycles. The first-order valence-corrected chi connectivity index (χ1v) is 6.95. The van der Waals surface area contributed by atoms with E-state index in [-0.39, 0.29) is 30.8 Å². The van der Waals surface area contributed by atoms with Crippen molar-refractivity contribution in [3.8, 4) is 0 Å². The van der Waals surface area contributed by atoms with Gasteiger partial charge in [-0.2, -0.15) is 0 Å². The summed E-state index contributed by atoms with van der Waals surface area (Å²) in [5.41, 5.74) is 0. The number of carbonyl (C=O) groups excluding carboxylic acids is 2. The highest BCUT2D eigenvalue weighted by Crippen LogP contribution is 2.07. The lowest BCUT2D eigenvalue weighted by molar-refractivity contribution is -0.129. The normalized spacial score (nSPS) is 15.3. The van der Waals surface area contributed by atoms with Crippen LogP contribution in [0, 0.1) is 0 Å². The lowest BCUT2D eigenvalue weighted by atomic mass is 10.3. The summed E-state index contributed by atoms with van der Waals surface area (Å²) in [5, 5.41) is 7.75. The Morgan fingerprint density at radius 2 is 2.21 bits per heavy atom. The van der Waals surface area contributed by atoms with Gasteiger partial charge in [0.15, 0.2) is 0 Å². The zero-order chi connectivity index (χ0) is 12.8. The van der Waals surface area contributed by atoms with Gasteiger partial charge in [-0.3, -0.25) is 9.59 Å². The molecule has 19 heavy (non-hydrogen) atoms. The van der Waals surface area contributed by atoms with Crippen molar-refractivity contribution in [2.24, 2.45) is 0 Å². The Bertz CT molecular complexity index is 403. The molecule has 0 bridgehead atoms. The smallest absolute Gasteiger partial charge is 0.261 e. The van der Waals surface area contributed by atoms with Gasteiger partial charge in [-0.15, -0.1) is 23.7 Å². The Labute approximate surface area is 122 Å². The first-order chi connectivity index (χ1) is 8.77. The fraction of sp³-hybridized carbons (Fsp3) is 0.500. The van der Waals surface area contributed by atoms with Gasteiger partial charge in [0.25, 0.3) is 5.91 Å². The van der Waals surface area contributed by atoms with E-state index in [0.717, 1.165) is 26.1 Å². The number of hydrogen-bond acceptors (Lipinski definition) is 4. The van der Waals surface area contributed by atoms with Crippen LogP contribution in [0.3, 0.4) is 0 Å². The maximum absolute atomic E-state index is 11.9. The highest BCUT2D eigenvalue weighted by atomic mass is 35.5. The number of hydrogen-bond donors (Lipinski definition) is 2. The third-order valence-corrected chi connectivity index (χ3v) is 3.71. The number of nitrogens with one attached hydrogen (secondary N) is 2. The van der Waals surface area contributed by atoms with Gasteiger partial charge in [-0.25, -0.2) is 0 Å². The number of thiophene rings is 1. The molecule has 0 atom stereocenters. The van der Waals surface area contributed by atoms with E-state index in [1.807, 2.05) is 11.4 Å². The van der Waals surface area contributed by atoms with E-state index >= 15 is 0 Å². The highest BCUT2D eigenvalue weighted by molar-refractivity contribution is 7.12. The first-order valence-electron chi connectivity index (χ1n) is 6.07. The zero-order valence-electron chi connectivity index (χ0n) is 10.6. The second-order valence-corrected chi connectivity index (χ2v) is 5.09. The summed E-state index contributed by atoms with van der Waals surface area (Å²) in [6.45, 7) is 3.33. The molecule has 1 aromatic heterocycles. The molecule has 106 valence electrons. The molecule has 0 spiro atoms. The Morgan fingerprint density at radius 1 is 1.37 bits per heavy atom. The molecule has 1 saturated heterocycles. The van der Waals surface area contributed by atoms with Crippen molar-refractivity contribution in [3.05, 3.63) is 22.4 Å². The van der Waals surface area contributed by atoms with Gasteiger partial charge in [0.05, 0.1) is 11.4 Å². The summed E-state index contributed by atoms with van der Waals surface area (Å²) in [6.07, 6.45) is 0.963. The predicted octanol–water partition coefficient (Wildman–Crippen LogP) is 0.722. The summed E-state index contributed by atoms with van der Waals surface area (Å²) in [6, 6.07) is 3.57. The van der Waals surface area contributed by atoms with Gasteiger partial charge in [0.1, 0.15) is 0 Å². The van der Waals surface area contributed by atoms with Gasteiger partial charge in [-0.05, 0) is 24.4 Å². The second-order valence-electron chi connectivity index (χ2n) is 4.14. The van der Waals surface area contributed by atoms with Crippen molar-refractivity contribution in [1.29, 1.82) is 0 Å². The van der Waals surface area contributed by atoms with Crippen LogP contribution < -0.4 is 10.6 Å². The average molecular weight is 304 g/mol. The van der Waals surface area contributed by atoms with Gasteiger partial charge in [0.2, 0.25) is 5.91 Å². The van der Waals surface area contributed by atoms with E-state index in [2.05, 4.69) is 10.6 Å². The fourth-order valence-electron chi connectivity index (χ4n) is 1.86. The Kier molecular flexibility index (Phi) is 6.83. The minimum Gasteiger partial charge on any atom is -0.342 e. The van der Waals surface area contributed by atoms with Gasteiger partial charge < -0.3 is 15.5 Å². The van der Waals surface area contributed by atoms with E-state index in [9.17, 15) is 9.59 Å². The Hall–Kier alpha value is -1.11. The molecule has 1 aromatic rings. The molecule has 0 aromatic carbocycles. The highest BCUT2D eigenvalue weighted by Gasteiger charge is 2.16. The monoisotopic (exact) mass is 303 g/mol. The van der Waals surface area contributed by atoms with Crippen LogP contribution in [0.2, 0.25) is 0 Å². The Morgan fingerprint density at radius 3 is 2.95 bits per heavy atom. The summed E-state index contributed by atoms with van der Waals surface area (Å²) in [7, 11) is 0. The summed E-state index contributed by atoms with van der Waals surface area (Å²) in [4.78, 5) is 26.0. The van der Waals surface area contributed by atoms with Gasteiger partial charge >= 0.3 is 0 Å². The molecule has 1 aliphatic rings.